The maximum Gasteiger partial charge on any atom is 0.234 e. The second-order valence-electron chi connectivity index (χ2n) is 6.52. The molecule has 0 aromatic heterocycles. The minimum absolute atomic E-state index is 0.0387. The predicted molar refractivity (Wildman–Crippen MR) is 85.8 cm³/mol. The van der Waals surface area contributed by atoms with Gasteiger partial charge in [-0.3, -0.25) is 14.6 Å². The van der Waals surface area contributed by atoms with Gasteiger partial charge < -0.3 is 5.73 Å². The highest BCUT2D eigenvalue weighted by molar-refractivity contribution is 5.79. The molecule has 0 saturated carbocycles. The molecule has 2 N–H and O–H groups in total. The first kappa shape index (κ1) is 16.0. The molecule has 1 aliphatic rings. The van der Waals surface area contributed by atoms with Crippen LogP contribution in [0.25, 0.3) is 0 Å². The lowest BCUT2D eigenvalue weighted by atomic mass is 9.96. The molecular weight excluding hydrogens is 262 g/mol. The third kappa shape index (κ3) is 3.83. The summed E-state index contributed by atoms with van der Waals surface area (Å²) in [6.45, 7) is 10.2. The first-order valence-electron chi connectivity index (χ1n) is 7.76. The van der Waals surface area contributed by atoms with Gasteiger partial charge in [0.25, 0.3) is 0 Å². The Bertz CT molecular complexity index is 472. The molecule has 1 fully saturated rings. The summed E-state index contributed by atoms with van der Waals surface area (Å²) in [6.07, 6.45) is 0.782. The van der Waals surface area contributed by atoms with Crippen LogP contribution in [0.3, 0.4) is 0 Å². The molecule has 1 atom stereocenters. The van der Waals surface area contributed by atoms with E-state index in [1.165, 1.54) is 5.56 Å². The zero-order valence-corrected chi connectivity index (χ0v) is 13.4. The Labute approximate surface area is 127 Å². The fourth-order valence-electron chi connectivity index (χ4n) is 3.23. The minimum atomic E-state index is -0.204. The molecule has 0 aliphatic carbocycles. The minimum Gasteiger partial charge on any atom is -0.368 e. The highest BCUT2D eigenvalue weighted by Crippen LogP contribution is 2.25. The Morgan fingerprint density at radius 2 is 1.95 bits per heavy atom. The Hall–Kier alpha value is -1.39. The Morgan fingerprint density at radius 3 is 2.48 bits per heavy atom. The lowest BCUT2D eigenvalue weighted by molar-refractivity contribution is -0.125. The fourth-order valence-corrected chi connectivity index (χ4v) is 3.23. The standard InChI is InChI=1S/C17H27N3O/c1-4-15(16(18)21)19-10-11-20(17(2,3)13-19)12-14-8-6-5-7-9-14/h5-9,15H,4,10-13H2,1-3H3,(H2,18,21). The summed E-state index contributed by atoms with van der Waals surface area (Å²) in [6, 6.07) is 10.4. The van der Waals surface area contributed by atoms with Gasteiger partial charge in [0.05, 0.1) is 6.04 Å². The van der Waals surface area contributed by atoms with Gasteiger partial charge in [-0.05, 0) is 25.8 Å². The number of carbonyl (C=O) groups excluding carboxylic acids is 1. The molecule has 0 bridgehead atoms. The number of carbonyl (C=O) groups is 1. The molecule has 1 amide bonds. The van der Waals surface area contributed by atoms with Crippen LogP contribution in [0.1, 0.15) is 32.8 Å². The predicted octanol–water partition coefficient (Wildman–Crippen LogP) is 1.85. The smallest absolute Gasteiger partial charge is 0.234 e. The number of amides is 1. The first-order valence-corrected chi connectivity index (χ1v) is 7.76. The molecule has 116 valence electrons. The van der Waals surface area contributed by atoms with Crippen LogP contribution >= 0.6 is 0 Å². The van der Waals surface area contributed by atoms with E-state index in [9.17, 15) is 4.79 Å². The summed E-state index contributed by atoms with van der Waals surface area (Å²) in [4.78, 5) is 16.3. The van der Waals surface area contributed by atoms with E-state index in [0.717, 1.165) is 32.6 Å². The number of hydrogen-bond donors (Lipinski definition) is 1. The van der Waals surface area contributed by atoms with E-state index in [1.807, 2.05) is 13.0 Å². The van der Waals surface area contributed by atoms with Crippen LogP contribution in [0.15, 0.2) is 30.3 Å². The molecule has 1 unspecified atom stereocenters. The van der Waals surface area contributed by atoms with Crippen molar-refractivity contribution in [1.29, 1.82) is 0 Å². The molecule has 2 rings (SSSR count). The van der Waals surface area contributed by atoms with E-state index in [4.69, 9.17) is 5.73 Å². The van der Waals surface area contributed by atoms with Gasteiger partial charge in [0.15, 0.2) is 0 Å². The molecule has 1 aliphatic heterocycles. The lowest BCUT2D eigenvalue weighted by Gasteiger charge is -2.49. The number of benzene rings is 1. The molecule has 0 radical (unpaired) electrons. The van der Waals surface area contributed by atoms with Crippen LogP contribution in [0, 0.1) is 0 Å². The zero-order chi connectivity index (χ0) is 15.5. The van der Waals surface area contributed by atoms with Crippen molar-refractivity contribution in [3.8, 4) is 0 Å². The molecule has 4 nitrogen and oxygen atoms in total. The van der Waals surface area contributed by atoms with Crippen LogP contribution in [-0.2, 0) is 11.3 Å². The van der Waals surface area contributed by atoms with Gasteiger partial charge in [0.1, 0.15) is 0 Å². The summed E-state index contributed by atoms with van der Waals surface area (Å²) in [7, 11) is 0. The molecule has 21 heavy (non-hydrogen) atoms. The zero-order valence-electron chi connectivity index (χ0n) is 13.4. The van der Waals surface area contributed by atoms with E-state index in [0.29, 0.717) is 0 Å². The van der Waals surface area contributed by atoms with Gasteiger partial charge >= 0.3 is 0 Å². The van der Waals surface area contributed by atoms with Crippen LogP contribution in [0.2, 0.25) is 0 Å². The number of nitrogens with two attached hydrogens (primary N) is 1. The average molecular weight is 289 g/mol. The van der Waals surface area contributed by atoms with Gasteiger partial charge in [0, 0.05) is 31.7 Å². The second kappa shape index (κ2) is 6.58. The maximum atomic E-state index is 11.6. The topological polar surface area (TPSA) is 49.6 Å². The molecule has 1 heterocycles. The first-order chi connectivity index (χ1) is 9.94. The number of hydrogen-bond acceptors (Lipinski definition) is 3. The van der Waals surface area contributed by atoms with Gasteiger partial charge in [-0.15, -0.1) is 0 Å². The molecule has 0 spiro atoms. The van der Waals surface area contributed by atoms with Gasteiger partial charge in [-0.2, -0.15) is 0 Å². The third-order valence-electron chi connectivity index (χ3n) is 4.48. The van der Waals surface area contributed by atoms with E-state index >= 15 is 0 Å². The Kier molecular flexibility index (Phi) is 5.01. The van der Waals surface area contributed by atoms with Crippen molar-refractivity contribution in [1.82, 2.24) is 9.80 Å². The number of nitrogens with zero attached hydrogens (tertiary/aromatic N) is 2. The van der Waals surface area contributed by atoms with Crippen molar-refractivity contribution >= 4 is 5.91 Å². The third-order valence-corrected chi connectivity index (χ3v) is 4.48. The number of piperazine rings is 1. The van der Waals surface area contributed by atoms with Crippen LogP contribution in [0.5, 0.6) is 0 Å². The van der Waals surface area contributed by atoms with Gasteiger partial charge in [0.2, 0.25) is 5.91 Å². The highest BCUT2D eigenvalue weighted by Gasteiger charge is 2.37. The van der Waals surface area contributed by atoms with Crippen LogP contribution < -0.4 is 5.73 Å². The molecular formula is C17H27N3O. The second-order valence-corrected chi connectivity index (χ2v) is 6.52. The summed E-state index contributed by atoms with van der Waals surface area (Å²) in [5, 5.41) is 0. The van der Waals surface area contributed by atoms with E-state index in [1.54, 1.807) is 0 Å². The Balaban J connectivity index is 2.04. The van der Waals surface area contributed by atoms with Crippen molar-refractivity contribution in [3.05, 3.63) is 35.9 Å². The van der Waals surface area contributed by atoms with Crippen molar-refractivity contribution in [3.63, 3.8) is 0 Å². The number of rotatable bonds is 5. The quantitative estimate of drug-likeness (QED) is 0.900. The molecule has 4 heteroatoms. The summed E-state index contributed by atoms with van der Waals surface area (Å²) < 4.78 is 0. The summed E-state index contributed by atoms with van der Waals surface area (Å²) in [5.74, 6) is -0.204. The van der Waals surface area contributed by atoms with Gasteiger partial charge in [-0.1, -0.05) is 37.3 Å². The SMILES string of the molecule is CCC(C(N)=O)N1CCN(Cc2ccccc2)C(C)(C)C1. The van der Waals surface area contributed by atoms with Crippen molar-refractivity contribution < 1.29 is 4.79 Å². The largest absolute Gasteiger partial charge is 0.368 e. The average Bonchev–Trinajstić information content (AvgIpc) is 2.43. The molecule has 1 saturated heterocycles. The highest BCUT2D eigenvalue weighted by atomic mass is 16.1. The van der Waals surface area contributed by atoms with E-state index in [2.05, 4.69) is 47.9 Å². The maximum absolute atomic E-state index is 11.6. The van der Waals surface area contributed by atoms with Crippen LogP contribution in [-0.4, -0.2) is 46.9 Å². The fraction of sp³-hybridized carbons (Fsp3) is 0.588. The summed E-state index contributed by atoms with van der Waals surface area (Å²) >= 11 is 0. The normalized spacial score (nSPS) is 21.1. The summed E-state index contributed by atoms with van der Waals surface area (Å²) in [5.41, 5.74) is 6.90. The Morgan fingerprint density at radius 1 is 1.29 bits per heavy atom. The van der Waals surface area contributed by atoms with Crippen molar-refractivity contribution in [2.24, 2.45) is 5.73 Å². The monoisotopic (exact) mass is 289 g/mol. The van der Waals surface area contributed by atoms with E-state index < -0.39 is 0 Å². The van der Waals surface area contributed by atoms with Crippen molar-refractivity contribution in [2.75, 3.05) is 19.6 Å². The van der Waals surface area contributed by atoms with Crippen LogP contribution in [0.4, 0.5) is 0 Å². The number of primary amides is 1. The van der Waals surface area contributed by atoms with Gasteiger partial charge in [-0.25, -0.2) is 0 Å². The molecule has 1 aromatic carbocycles. The van der Waals surface area contributed by atoms with Crippen molar-refractivity contribution in [2.45, 2.75) is 45.3 Å². The molecule has 1 aromatic rings. The van der Waals surface area contributed by atoms with E-state index in [-0.39, 0.29) is 17.5 Å². The lowest BCUT2D eigenvalue weighted by Crippen LogP contribution is -2.62.